The van der Waals surface area contributed by atoms with Crippen molar-refractivity contribution in [1.82, 2.24) is 5.32 Å². The van der Waals surface area contributed by atoms with Crippen molar-refractivity contribution in [1.29, 1.82) is 0 Å². The van der Waals surface area contributed by atoms with Crippen molar-refractivity contribution < 1.29 is 9.59 Å². The van der Waals surface area contributed by atoms with Gasteiger partial charge in [0.05, 0.1) is 6.04 Å². The van der Waals surface area contributed by atoms with E-state index in [0.29, 0.717) is 25.1 Å². The minimum atomic E-state index is -0.383. The maximum Gasteiger partial charge on any atom is 0.221 e. The summed E-state index contributed by atoms with van der Waals surface area (Å²) >= 11 is 3.94. The van der Waals surface area contributed by atoms with Crippen LogP contribution in [0.5, 0.6) is 0 Å². The summed E-state index contributed by atoms with van der Waals surface area (Å²) in [6.45, 7) is 2.01. The van der Waals surface area contributed by atoms with Crippen molar-refractivity contribution in [2.24, 2.45) is 5.73 Å². The Hall–Kier alpha value is -0.550. The van der Waals surface area contributed by atoms with Crippen LogP contribution in [-0.2, 0) is 9.59 Å². The fourth-order valence-corrected chi connectivity index (χ4v) is 1.27. The molecule has 5 heteroatoms. The maximum atomic E-state index is 11.2. The first-order valence-corrected chi connectivity index (χ1v) is 5.35. The molecule has 0 spiro atoms. The number of thiol groups is 1. The second-order valence-corrected chi connectivity index (χ2v) is 3.58. The van der Waals surface area contributed by atoms with Gasteiger partial charge in [-0.25, -0.2) is 0 Å². The van der Waals surface area contributed by atoms with Gasteiger partial charge in [-0.05, 0) is 32.1 Å². The van der Waals surface area contributed by atoms with E-state index in [0.717, 1.165) is 6.42 Å². The Kier molecular flexibility index (Phi) is 7.51. The van der Waals surface area contributed by atoms with Crippen molar-refractivity contribution >= 4 is 24.3 Å². The highest BCUT2D eigenvalue weighted by Gasteiger charge is 2.15. The van der Waals surface area contributed by atoms with Gasteiger partial charge >= 0.3 is 0 Å². The first-order valence-electron chi connectivity index (χ1n) is 4.72. The molecule has 0 saturated heterocycles. The molecule has 0 aromatic carbocycles. The Balaban J connectivity index is 3.95. The molecule has 0 aromatic heterocycles. The normalized spacial score (nSPS) is 12.2. The summed E-state index contributed by atoms with van der Waals surface area (Å²) < 4.78 is 0. The zero-order valence-corrected chi connectivity index (χ0v) is 9.35. The van der Waals surface area contributed by atoms with Crippen LogP contribution in [0.1, 0.15) is 26.2 Å². The molecule has 0 bridgehead atoms. The first kappa shape index (κ1) is 13.4. The molecule has 0 saturated carbocycles. The Labute approximate surface area is 90.0 Å². The molecule has 0 aliphatic heterocycles. The van der Waals surface area contributed by atoms with Crippen molar-refractivity contribution in [2.45, 2.75) is 32.2 Å². The van der Waals surface area contributed by atoms with E-state index < -0.39 is 0 Å². The number of nitrogens with one attached hydrogen (secondary N) is 1. The molecule has 1 unspecified atom stereocenters. The number of carbonyl (C=O) groups excluding carboxylic acids is 2. The van der Waals surface area contributed by atoms with Gasteiger partial charge in [0.15, 0.2) is 5.78 Å². The third-order valence-electron chi connectivity index (χ3n) is 1.86. The van der Waals surface area contributed by atoms with Gasteiger partial charge in [-0.15, -0.1) is 0 Å². The number of ketones is 1. The first-order chi connectivity index (χ1) is 6.61. The smallest absolute Gasteiger partial charge is 0.221 e. The molecule has 0 aliphatic rings. The highest BCUT2D eigenvalue weighted by Crippen LogP contribution is 1.98. The van der Waals surface area contributed by atoms with Crippen LogP contribution in [0, 0.1) is 0 Å². The van der Waals surface area contributed by atoms with E-state index in [1.165, 1.54) is 6.92 Å². The monoisotopic (exact) mass is 218 g/mol. The van der Waals surface area contributed by atoms with E-state index >= 15 is 0 Å². The molecule has 0 rings (SSSR count). The summed E-state index contributed by atoms with van der Waals surface area (Å²) in [5.74, 6) is 0.344. The third-order valence-corrected chi connectivity index (χ3v) is 2.09. The van der Waals surface area contributed by atoms with Crippen molar-refractivity contribution in [3.8, 4) is 0 Å². The van der Waals surface area contributed by atoms with Crippen LogP contribution in [0.2, 0.25) is 0 Å². The van der Waals surface area contributed by atoms with Crippen LogP contribution in [-0.4, -0.2) is 30.0 Å². The number of hydrogen-bond acceptors (Lipinski definition) is 4. The molecule has 3 N–H and O–H groups in total. The largest absolute Gasteiger partial charge is 0.346 e. The van der Waals surface area contributed by atoms with Crippen LogP contribution in [0.3, 0.4) is 0 Å². The molecule has 1 amide bonds. The third kappa shape index (κ3) is 5.99. The van der Waals surface area contributed by atoms with E-state index in [1.807, 2.05) is 0 Å². The molecule has 0 radical (unpaired) electrons. The number of Topliss-reactive ketones (excluding diaryl/α,β-unsaturated/α-hetero) is 1. The average Bonchev–Trinajstić information content (AvgIpc) is 2.12. The Morgan fingerprint density at radius 2 is 2.14 bits per heavy atom. The van der Waals surface area contributed by atoms with Gasteiger partial charge in [0.1, 0.15) is 0 Å². The van der Waals surface area contributed by atoms with E-state index in [2.05, 4.69) is 17.9 Å². The molecular formula is C9H18N2O2S. The summed E-state index contributed by atoms with van der Waals surface area (Å²) in [5, 5.41) is 2.66. The van der Waals surface area contributed by atoms with Gasteiger partial charge in [0.25, 0.3) is 0 Å². The molecule has 14 heavy (non-hydrogen) atoms. The van der Waals surface area contributed by atoms with Gasteiger partial charge in [-0.1, -0.05) is 0 Å². The topological polar surface area (TPSA) is 72.2 Å². The highest BCUT2D eigenvalue weighted by atomic mass is 32.1. The van der Waals surface area contributed by atoms with Gasteiger partial charge < -0.3 is 11.1 Å². The molecule has 82 valence electrons. The molecule has 1 atom stereocenters. The second-order valence-electron chi connectivity index (χ2n) is 3.14. The number of carbonyl (C=O) groups is 2. The number of hydrogen-bond donors (Lipinski definition) is 3. The molecule has 0 heterocycles. The summed E-state index contributed by atoms with van der Waals surface area (Å²) in [7, 11) is 0. The summed E-state index contributed by atoms with van der Waals surface area (Å²) in [5.41, 5.74) is 5.33. The number of rotatable bonds is 7. The predicted molar refractivity (Wildman–Crippen MR) is 59.4 cm³/mol. The minimum Gasteiger partial charge on any atom is -0.346 e. The molecule has 4 nitrogen and oxygen atoms in total. The lowest BCUT2D eigenvalue weighted by atomic mass is 10.1. The van der Waals surface area contributed by atoms with Gasteiger partial charge in [0.2, 0.25) is 5.91 Å². The fourth-order valence-electron chi connectivity index (χ4n) is 1.07. The average molecular weight is 218 g/mol. The van der Waals surface area contributed by atoms with Crippen molar-refractivity contribution in [2.75, 3.05) is 12.3 Å². The van der Waals surface area contributed by atoms with Crippen LogP contribution >= 0.6 is 12.6 Å². The molecule has 0 aliphatic carbocycles. The predicted octanol–water partition coefficient (Wildman–Crippen LogP) is 0.119. The fraction of sp³-hybridized carbons (Fsp3) is 0.778. The van der Waals surface area contributed by atoms with Crippen LogP contribution < -0.4 is 11.1 Å². The number of nitrogens with two attached hydrogens (primary N) is 1. The Morgan fingerprint density at radius 3 is 2.57 bits per heavy atom. The van der Waals surface area contributed by atoms with Crippen molar-refractivity contribution in [3.63, 3.8) is 0 Å². The second kappa shape index (κ2) is 7.82. The molecular weight excluding hydrogens is 200 g/mol. The van der Waals surface area contributed by atoms with Crippen LogP contribution in [0.4, 0.5) is 0 Å². The zero-order chi connectivity index (χ0) is 11.0. The van der Waals surface area contributed by atoms with Crippen LogP contribution in [0.15, 0.2) is 0 Å². The van der Waals surface area contributed by atoms with E-state index in [-0.39, 0.29) is 17.7 Å². The Bertz CT molecular complexity index is 197. The Morgan fingerprint density at radius 1 is 1.50 bits per heavy atom. The van der Waals surface area contributed by atoms with E-state index in [4.69, 9.17) is 5.73 Å². The lowest BCUT2D eigenvalue weighted by molar-refractivity contribution is -0.126. The summed E-state index contributed by atoms with van der Waals surface area (Å²) in [6, 6.07) is -0.383. The van der Waals surface area contributed by atoms with Gasteiger partial charge in [-0.3, -0.25) is 9.59 Å². The lowest BCUT2D eigenvalue weighted by Crippen LogP contribution is -2.40. The molecule has 0 fully saturated rings. The highest BCUT2D eigenvalue weighted by molar-refractivity contribution is 7.80. The van der Waals surface area contributed by atoms with Gasteiger partial charge in [-0.2, -0.15) is 12.6 Å². The quantitative estimate of drug-likeness (QED) is 0.531. The van der Waals surface area contributed by atoms with E-state index in [1.54, 1.807) is 0 Å². The standard InChI is InChI=1S/C9H18N2O2S/c1-7(12)8(3-2-5-10)11-9(13)4-6-14/h8,14H,2-6,10H2,1H3,(H,11,13). The maximum absolute atomic E-state index is 11.2. The van der Waals surface area contributed by atoms with E-state index in [9.17, 15) is 9.59 Å². The summed E-state index contributed by atoms with van der Waals surface area (Å²) in [6.07, 6.45) is 1.70. The molecule has 0 aromatic rings. The zero-order valence-electron chi connectivity index (χ0n) is 8.45. The number of amides is 1. The van der Waals surface area contributed by atoms with Gasteiger partial charge in [0, 0.05) is 6.42 Å². The minimum absolute atomic E-state index is 0.0223. The lowest BCUT2D eigenvalue weighted by Gasteiger charge is -2.14. The SMILES string of the molecule is CC(=O)C(CCCN)NC(=O)CCS. The van der Waals surface area contributed by atoms with Crippen LogP contribution in [0.25, 0.3) is 0 Å². The van der Waals surface area contributed by atoms with Crippen molar-refractivity contribution in [3.05, 3.63) is 0 Å². The summed E-state index contributed by atoms with van der Waals surface area (Å²) in [4.78, 5) is 22.3.